The Hall–Kier alpha value is -3.55. The second-order valence-corrected chi connectivity index (χ2v) is 12.7. The first kappa shape index (κ1) is 29.5. The van der Waals surface area contributed by atoms with Crippen LogP contribution >= 0.6 is 11.3 Å². The summed E-state index contributed by atoms with van der Waals surface area (Å²) in [5.74, 6) is 0.807. The van der Waals surface area contributed by atoms with Gasteiger partial charge in [0.15, 0.2) is 0 Å². The number of benzene rings is 1. The van der Waals surface area contributed by atoms with E-state index in [1.54, 1.807) is 18.2 Å². The molecular formula is C30H34F3N7O2S. The third-order valence-corrected chi connectivity index (χ3v) is 9.12. The molecule has 43 heavy (non-hydrogen) atoms. The van der Waals surface area contributed by atoms with E-state index in [1.165, 1.54) is 17.5 Å². The lowest BCUT2D eigenvalue weighted by Gasteiger charge is -2.30. The van der Waals surface area contributed by atoms with Crippen LogP contribution in [0.25, 0.3) is 22.3 Å². The molecule has 1 aromatic carbocycles. The number of piperidine rings is 1. The largest absolute Gasteiger partial charge is 0.489 e. The predicted octanol–water partition coefficient (Wildman–Crippen LogP) is 5.77. The fourth-order valence-electron chi connectivity index (χ4n) is 5.84. The van der Waals surface area contributed by atoms with Crippen LogP contribution in [0.1, 0.15) is 41.6 Å². The van der Waals surface area contributed by atoms with E-state index in [0.717, 1.165) is 61.0 Å². The Balaban J connectivity index is 1.31. The van der Waals surface area contributed by atoms with E-state index >= 15 is 0 Å². The molecule has 2 aliphatic heterocycles. The van der Waals surface area contributed by atoms with Gasteiger partial charge in [0.2, 0.25) is 5.95 Å². The number of halogens is 3. The molecule has 0 radical (unpaired) electrons. The Morgan fingerprint density at radius 1 is 1.09 bits per heavy atom. The SMILES string of the molecule is Cc1sc(C2CCCCN2C)nc1-c1cc2cnc(Nc3ccc(OC4CCN(C)C4)cc3)nc2n(CC(F)(F)F)c1=O. The number of aromatic nitrogens is 4. The van der Waals surface area contributed by atoms with Crippen LogP contribution in [-0.2, 0) is 6.54 Å². The number of rotatable bonds is 7. The van der Waals surface area contributed by atoms with Gasteiger partial charge in [-0.05, 0) is 77.2 Å². The molecule has 13 heteroatoms. The van der Waals surface area contributed by atoms with Crippen molar-refractivity contribution in [2.24, 2.45) is 0 Å². The van der Waals surface area contributed by atoms with Crippen molar-refractivity contribution in [1.82, 2.24) is 29.3 Å². The van der Waals surface area contributed by atoms with E-state index < -0.39 is 18.3 Å². The molecule has 0 spiro atoms. The summed E-state index contributed by atoms with van der Waals surface area (Å²) in [6.45, 7) is 3.19. The average molecular weight is 614 g/mol. The molecule has 2 aliphatic rings. The van der Waals surface area contributed by atoms with Gasteiger partial charge in [0.1, 0.15) is 29.1 Å². The van der Waals surface area contributed by atoms with Gasteiger partial charge in [0.25, 0.3) is 5.56 Å². The molecule has 0 saturated carbocycles. The Morgan fingerprint density at radius 3 is 2.58 bits per heavy atom. The minimum absolute atomic E-state index is 0.0779. The zero-order chi connectivity index (χ0) is 30.3. The van der Waals surface area contributed by atoms with Crippen molar-refractivity contribution in [2.75, 3.05) is 39.0 Å². The van der Waals surface area contributed by atoms with Crippen molar-refractivity contribution in [3.63, 3.8) is 0 Å². The molecule has 2 atom stereocenters. The summed E-state index contributed by atoms with van der Waals surface area (Å²) in [5.41, 5.74) is 0.272. The fourth-order valence-corrected chi connectivity index (χ4v) is 6.98. The summed E-state index contributed by atoms with van der Waals surface area (Å²) in [6, 6.07) is 8.91. The van der Waals surface area contributed by atoms with Gasteiger partial charge in [-0.15, -0.1) is 11.3 Å². The van der Waals surface area contributed by atoms with Crippen LogP contribution in [0.4, 0.5) is 24.8 Å². The topological polar surface area (TPSA) is 88.4 Å². The number of ether oxygens (including phenoxy) is 1. The number of likely N-dealkylation sites (tertiary alicyclic amines) is 2. The van der Waals surface area contributed by atoms with Crippen LogP contribution in [0, 0.1) is 6.92 Å². The van der Waals surface area contributed by atoms with Crippen molar-refractivity contribution in [2.45, 2.75) is 57.5 Å². The van der Waals surface area contributed by atoms with E-state index in [0.29, 0.717) is 21.3 Å². The summed E-state index contributed by atoms with van der Waals surface area (Å²) in [5, 5.41) is 4.23. The first-order valence-corrected chi connectivity index (χ1v) is 15.2. The van der Waals surface area contributed by atoms with E-state index in [2.05, 4.69) is 32.1 Å². The predicted molar refractivity (Wildman–Crippen MR) is 161 cm³/mol. The van der Waals surface area contributed by atoms with E-state index in [-0.39, 0.29) is 29.3 Å². The van der Waals surface area contributed by atoms with Crippen LogP contribution in [0.5, 0.6) is 5.75 Å². The number of pyridine rings is 1. The van der Waals surface area contributed by atoms with Crippen LogP contribution in [0.15, 0.2) is 41.3 Å². The molecule has 228 valence electrons. The normalized spacial score (nSPS) is 20.1. The second kappa shape index (κ2) is 11.9. The number of fused-ring (bicyclic) bond motifs is 1. The third kappa shape index (κ3) is 6.53. The number of likely N-dealkylation sites (N-methyl/N-ethyl adjacent to an activating group) is 1. The fraction of sp³-hybridized carbons (Fsp3) is 0.467. The number of hydrogen-bond acceptors (Lipinski definition) is 9. The molecule has 6 rings (SSSR count). The van der Waals surface area contributed by atoms with Crippen LogP contribution in [-0.4, -0.2) is 75.3 Å². The monoisotopic (exact) mass is 613 g/mol. The zero-order valence-electron chi connectivity index (χ0n) is 24.3. The van der Waals surface area contributed by atoms with E-state index in [1.807, 2.05) is 26.1 Å². The third-order valence-electron chi connectivity index (χ3n) is 8.05. The highest BCUT2D eigenvalue weighted by atomic mass is 32.1. The number of nitrogens with zero attached hydrogens (tertiary/aromatic N) is 6. The van der Waals surface area contributed by atoms with E-state index in [4.69, 9.17) is 9.72 Å². The minimum Gasteiger partial charge on any atom is -0.489 e. The van der Waals surface area contributed by atoms with Crippen molar-refractivity contribution in [1.29, 1.82) is 0 Å². The summed E-state index contributed by atoms with van der Waals surface area (Å²) in [4.78, 5) is 32.4. The van der Waals surface area contributed by atoms with Crippen LogP contribution in [0.2, 0.25) is 0 Å². The van der Waals surface area contributed by atoms with Gasteiger partial charge in [0.05, 0.1) is 17.3 Å². The maximum absolute atomic E-state index is 13.8. The summed E-state index contributed by atoms with van der Waals surface area (Å²) in [7, 11) is 4.11. The minimum atomic E-state index is -4.63. The van der Waals surface area contributed by atoms with Crippen molar-refractivity contribution in [3.8, 4) is 17.0 Å². The number of aryl methyl sites for hydroxylation is 1. The first-order valence-electron chi connectivity index (χ1n) is 14.4. The van der Waals surface area contributed by atoms with Crippen molar-refractivity contribution in [3.05, 3.63) is 56.8 Å². The molecule has 2 fully saturated rings. The molecule has 1 N–H and O–H groups in total. The van der Waals surface area contributed by atoms with Gasteiger partial charge >= 0.3 is 6.18 Å². The number of nitrogens with one attached hydrogen (secondary N) is 1. The van der Waals surface area contributed by atoms with Gasteiger partial charge in [-0.1, -0.05) is 6.42 Å². The summed E-state index contributed by atoms with van der Waals surface area (Å²) >= 11 is 1.49. The second-order valence-electron chi connectivity index (χ2n) is 11.4. The molecule has 2 unspecified atom stereocenters. The molecule has 0 aliphatic carbocycles. The quantitative estimate of drug-likeness (QED) is 0.281. The number of alkyl halides is 3. The summed E-state index contributed by atoms with van der Waals surface area (Å²) < 4.78 is 48.0. The lowest BCUT2D eigenvalue weighted by Crippen LogP contribution is -2.30. The Labute approximate surface area is 251 Å². The van der Waals surface area contributed by atoms with Crippen molar-refractivity contribution < 1.29 is 17.9 Å². The molecule has 4 aromatic rings. The molecule has 9 nitrogen and oxygen atoms in total. The Bertz CT molecular complexity index is 1670. The van der Waals surface area contributed by atoms with Crippen LogP contribution < -0.4 is 15.6 Å². The van der Waals surface area contributed by atoms with Gasteiger partial charge < -0.3 is 15.0 Å². The number of thiazole rings is 1. The van der Waals surface area contributed by atoms with Gasteiger partial charge in [-0.2, -0.15) is 18.2 Å². The van der Waals surface area contributed by atoms with Crippen molar-refractivity contribution >= 4 is 34.0 Å². The lowest BCUT2D eigenvalue weighted by molar-refractivity contribution is -0.140. The highest BCUT2D eigenvalue weighted by Gasteiger charge is 2.32. The summed E-state index contributed by atoms with van der Waals surface area (Å²) in [6.07, 6.45) is 1.06. The lowest BCUT2D eigenvalue weighted by atomic mass is 10.0. The van der Waals surface area contributed by atoms with Gasteiger partial charge in [-0.25, -0.2) is 9.97 Å². The first-order chi connectivity index (χ1) is 20.5. The van der Waals surface area contributed by atoms with Crippen LogP contribution in [0.3, 0.4) is 0 Å². The molecule has 3 aromatic heterocycles. The molecule has 0 amide bonds. The van der Waals surface area contributed by atoms with Gasteiger partial charge in [-0.3, -0.25) is 14.3 Å². The molecular weight excluding hydrogens is 579 g/mol. The Morgan fingerprint density at radius 2 is 1.88 bits per heavy atom. The smallest absolute Gasteiger partial charge is 0.406 e. The molecule has 2 saturated heterocycles. The maximum Gasteiger partial charge on any atom is 0.406 e. The highest BCUT2D eigenvalue weighted by Crippen LogP contribution is 2.36. The molecule has 0 bridgehead atoms. The average Bonchev–Trinajstić information content (AvgIpc) is 3.55. The Kier molecular flexibility index (Phi) is 8.14. The maximum atomic E-state index is 13.8. The number of anilines is 2. The highest BCUT2D eigenvalue weighted by molar-refractivity contribution is 7.12. The van der Waals surface area contributed by atoms with Gasteiger partial charge in [0, 0.05) is 35.2 Å². The number of hydrogen-bond donors (Lipinski definition) is 1. The zero-order valence-corrected chi connectivity index (χ0v) is 25.1. The van der Waals surface area contributed by atoms with E-state index in [9.17, 15) is 18.0 Å². The molecule has 5 heterocycles. The standard InChI is InChI=1S/C30H34F3N7O2S/c1-18-25(36-27(43-18)24-6-4-5-12-39(24)3)23-14-19-15-34-29(37-26(19)40(28(23)41)17-30(31,32)33)35-20-7-9-21(10-8-20)42-22-11-13-38(2)16-22/h7-10,14-15,22,24H,4-6,11-13,16-17H2,1-3H3,(H,34,35,37).